The van der Waals surface area contributed by atoms with E-state index in [0.29, 0.717) is 11.8 Å². The van der Waals surface area contributed by atoms with Gasteiger partial charge in [-0.2, -0.15) is 35.3 Å². The van der Waals surface area contributed by atoms with Gasteiger partial charge < -0.3 is 0 Å². The smallest absolute Gasteiger partial charge is 0.0516 e. The normalized spacial score (nSPS) is 14.8. The molecular weight excluding hydrogens is 358 g/mol. The zero-order chi connectivity index (χ0) is 12.9. The maximum Gasteiger partial charge on any atom is 0.0516 e. The summed E-state index contributed by atoms with van der Waals surface area (Å²) in [7, 11) is 0. The van der Waals surface area contributed by atoms with Crippen LogP contribution in [0.25, 0.3) is 0 Å². The van der Waals surface area contributed by atoms with Gasteiger partial charge in [0, 0.05) is 46.3 Å². The third-order valence-corrected chi connectivity index (χ3v) is 7.35. The van der Waals surface area contributed by atoms with Crippen LogP contribution in [0.15, 0.2) is 0 Å². The van der Waals surface area contributed by atoms with Crippen molar-refractivity contribution >= 4 is 81.7 Å². The van der Waals surface area contributed by atoms with Gasteiger partial charge in [-0.15, -0.1) is 46.4 Å². The van der Waals surface area contributed by atoms with Gasteiger partial charge in [0.2, 0.25) is 0 Å². The number of hydrogen-bond donors (Lipinski definition) is 0. The van der Waals surface area contributed by atoms with Gasteiger partial charge >= 0.3 is 0 Å². The second-order valence-corrected chi connectivity index (χ2v) is 8.62. The van der Waals surface area contributed by atoms with Crippen LogP contribution < -0.4 is 0 Å². The molecule has 7 heteroatoms. The van der Waals surface area contributed by atoms with Crippen LogP contribution in [0.3, 0.4) is 0 Å². The molecule has 0 radical (unpaired) electrons. The second-order valence-electron chi connectivity index (χ2n) is 3.26. The Kier molecular flexibility index (Phi) is 16.5. The molecule has 104 valence electrons. The van der Waals surface area contributed by atoms with E-state index in [2.05, 4.69) is 0 Å². The predicted molar refractivity (Wildman–Crippen MR) is 92.7 cm³/mol. The number of alkyl halides is 4. The van der Waals surface area contributed by atoms with Crippen molar-refractivity contribution in [2.24, 2.45) is 0 Å². The van der Waals surface area contributed by atoms with Gasteiger partial charge in [-0.05, 0) is 0 Å². The quantitative estimate of drug-likeness (QED) is 0.352. The van der Waals surface area contributed by atoms with Crippen LogP contribution in [-0.2, 0) is 0 Å². The first kappa shape index (κ1) is 19.2. The van der Waals surface area contributed by atoms with Crippen molar-refractivity contribution in [3.63, 3.8) is 0 Å². The minimum absolute atomic E-state index is 0.215. The highest BCUT2D eigenvalue weighted by Gasteiger charge is 2.08. The van der Waals surface area contributed by atoms with Crippen molar-refractivity contribution in [2.75, 3.05) is 46.3 Å². The molecule has 0 bridgehead atoms. The van der Waals surface area contributed by atoms with E-state index in [1.165, 1.54) is 0 Å². The van der Waals surface area contributed by atoms with E-state index in [4.69, 9.17) is 46.4 Å². The first-order valence-electron chi connectivity index (χ1n) is 5.34. The molecule has 0 spiro atoms. The SMILES string of the molecule is ClCCSCC(Cl)CSCC(Cl)CSCCCl. The molecule has 0 amide bonds. The van der Waals surface area contributed by atoms with Crippen LogP contribution >= 0.6 is 81.7 Å². The van der Waals surface area contributed by atoms with Crippen LogP contribution in [0.4, 0.5) is 0 Å². The molecule has 0 N–H and O–H groups in total. The molecule has 0 saturated heterocycles. The minimum Gasteiger partial charge on any atom is -0.159 e. The van der Waals surface area contributed by atoms with E-state index in [9.17, 15) is 0 Å². The van der Waals surface area contributed by atoms with Gasteiger partial charge in [0.15, 0.2) is 0 Å². The zero-order valence-corrected chi connectivity index (χ0v) is 15.0. The van der Waals surface area contributed by atoms with E-state index in [-0.39, 0.29) is 10.8 Å². The van der Waals surface area contributed by atoms with Crippen molar-refractivity contribution in [1.82, 2.24) is 0 Å². The Balaban J connectivity index is 3.29. The molecular formula is C10H18Cl4S3. The largest absolute Gasteiger partial charge is 0.159 e. The lowest BCUT2D eigenvalue weighted by Gasteiger charge is -2.11. The van der Waals surface area contributed by atoms with Gasteiger partial charge in [0.1, 0.15) is 0 Å². The number of thioether (sulfide) groups is 3. The van der Waals surface area contributed by atoms with Crippen molar-refractivity contribution < 1.29 is 0 Å². The molecule has 0 aromatic rings. The molecule has 0 fully saturated rings. The van der Waals surface area contributed by atoms with Gasteiger partial charge in [-0.25, -0.2) is 0 Å². The Morgan fingerprint density at radius 3 is 1.35 bits per heavy atom. The Labute approximate surface area is 138 Å². The van der Waals surface area contributed by atoms with E-state index in [0.717, 1.165) is 34.5 Å². The summed E-state index contributed by atoms with van der Waals surface area (Å²) in [4.78, 5) is 0. The molecule has 0 aromatic carbocycles. The molecule has 0 nitrogen and oxygen atoms in total. The average molecular weight is 376 g/mol. The summed E-state index contributed by atoms with van der Waals surface area (Å²) in [6.45, 7) is 0. The van der Waals surface area contributed by atoms with E-state index in [1.807, 2.05) is 35.3 Å². The van der Waals surface area contributed by atoms with Crippen LogP contribution in [0.5, 0.6) is 0 Å². The first-order chi connectivity index (χ1) is 8.20. The Morgan fingerprint density at radius 1 is 0.647 bits per heavy atom. The summed E-state index contributed by atoms with van der Waals surface area (Å²) in [6.07, 6.45) is 0. The van der Waals surface area contributed by atoms with Crippen molar-refractivity contribution in [2.45, 2.75) is 10.8 Å². The molecule has 0 rings (SSSR count). The molecule has 0 aliphatic heterocycles. The van der Waals surface area contributed by atoms with Gasteiger partial charge in [0.05, 0.1) is 10.8 Å². The summed E-state index contributed by atoms with van der Waals surface area (Å²) < 4.78 is 0. The predicted octanol–water partition coefficient (Wildman–Crippen LogP) is 4.88. The highest BCUT2D eigenvalue weighted by Crippen LogP contribution is 2.18. The highest BCUT2D eigenvalue weighted by molar-refractivity contribution is 8.00. The summed E-state index contributed by atoms with van der Waals surface area (Å²) in [6, 6.07) is 0. The van der Waals surface area contributed by atoms with Crippen LogP contribution in [-0.4, -0.2) is 57.0 Å². The number of rotatable bonds is 12. The minimum atomic E-state index is 0.215. The Hall–Kier alpha value is 2.21. The Bertz CT molecular complexity index is 146. The lowest BCUT2D eigenvalue weighted by molar-refractivity contribution is 1.10. The van der Waals surface area contributed by atoms with E-state index < -0.39 is 0 Å². The molecule has 0 aromatic heterocycles. The average Bonchev–Trinajstić information content (AvgIpc) is 2.30. The monoisotopic (exact) mass is 374 g/mol. The highest BCUT2D eigenvalue weighted by atomic mass is 35.5. The molecule has 0 aliphatic rings. The topological polar surface area (TPSA) is 0 Å². The second kappa shape index (κ2) is 14.6. The summed E-state index contributed by atoms with van der Waals surface area (Å²) in [5.41, 5.74) is 0. The lowest BCUT2D eigenvalue weighted by Crippen LogP contribution is -2.11. The van der Waals surface area contributed by atoms with Crippen LogP contribution in [0, 0.1) is 0 Å². The standard InChI is InChI=1S/C10H18Cl4S3/c11-1-3-15-5-9(13)7-17-8-10(14)6-16-4-2-12/h9-10H,1-8H2. The third kappa shape index (κ3) is 14.4. The third-order valence-electron chi connectivity index (χ3n) is 1.64. The molecule has 17 heavy (non-hydrogen) atoms. The zero-order valence-electron chi connectivity index (χ0n) is 9.55. The van der Waals surface area contributed by atoms with Gasteiger partial charge in [-0.1, -0.05) is 0 Å². The fourth-order valence-corrected chi connectivity index (χ4v) is 5.16. The number of halogens is 4. The maximum atomic E-state index is 6.18. The molecule has 2 unspecified atom stereocenters. The van der Waals surface area contributed by atoms with Gasteiger partial charge in [-0.3, -0.25) is 0 Å². The molecule has 0 heterocycles. The maximum absolute atomic E-state index is 6.18. The Morgan fingerprint density at radius 2 is 1.00 bits per heavy atom. The van der Waals surface area contributed by atoms with Crippen LogP contribution in [0.1, 0.15) is 0 Å². The van der Waals surface area contributed by atoms with E-state index >= 15 is 0 Å². The lowest BCUT2D eigenvalue weighted by atomic mass is 10.5. The van der Waals surface area contributed by atoms with Crippen LogP contribution in [0.2, 0.25) is 0 Å². The molecule has 2 atom stereocenters. The fourth-order valence-electron chi connectivity index (χ4n) is 0.952. The summed E-state index contributed by atoms with van der Waals surface area (Å²) >= 11 is 29.0. The van der Waals surface area contributed by atoms with Crippen molar-refractivity contribution in [3.05, 3.63) is 0 Å². The van der Waals surface area contributed by atoms with E-state index in [1.54, 1.807) is 0 Å². The summed E-state index contributed by atoms with van der Waals surface area (Å²) in [5.74, 6) is 7.20. The number of hydrogen-bond acceptors (Lipinski definition) is 3. The van der Waals surface area contributed by atoms with Gasteiger partial charge in [0.25, 0.3) is 0 Å². The van der Waals surface area contributed by atoms with Crippen molar-refractivity contribution in [1.29, 1.82) is 0 Å². The van der Waals surface area contributed by atoms with Crippen molar-refractivity contribution in [3.8, 4) is 0 Å². The summed E-state index contributed by atoms with van der Waals surface area (Å²) in [5, 5.41) is 0.431. The first-order valence-corrected chi connectivity index (χ1v) is 10.7. The molecule has 0 aliphatic carbocycles. The fraction of sp³-hybridized carbons (Fsp3) is 1.00. The molecule has 0 saturated carbocycles.